The van der Waals surface area contributed by atoms with Crippen molar-refractivity contribution in [1.29, 1.82) is 0 Å². The lowest BCUT2D eigenvalue weighted by molar-refractivity contribution is 0.344. The summed E-state index contributed by atoms with van der Waals surface area (Å²) in [7, 11) is 0. The molecule has 1 atom stereocenters. The van der Waals surface area contributed by atoms with Gasteiger partial charge in [0.25, 0.3) is 0 Å². The second kappa shape index (κ2) is 7.31. The highest BCUT2D eigenvalue weighted by molar-refractivity contribution is 5.27. The maximum absolute atomic E-state index is 13.0. The summed E-state index contributed by atoms with van der Waals surface area (Å²) in [4.78, 5) is 0. The van der Waals surface area contributed by atoms with Gasteiger partial charge in [-0.25, -0.2) is 4.39 Å². The molecule has 1 aromatic rings. The molecular formula is C17H24FN. The largest absolute Gasteiger partial charge is 0.312 e. The summed E-state index contributed by atoms with van der Waals surface area (Å²) in [6, 6.07) is 7.06. The van der Waals surface area contributed by atoms with Crippen LogP contribution < -0.4 is 5.32 Å². The van der Waals surface area contributed by atoms with Gasteiger partial charge < -0.3 is 5.32 Å². The Morgan fingerprint density at radius 3 is 2.42 bits per heavy atom. The molecule has 0 aliphatic carbocycles. The molecule has 104 valence electrons. The van der Waals surface area contributed by atoms with E-state index in [0.717, 1.165) is 24.9 Å². The van der Waals surface area contributed by atoms with Crippen molar-refractivity contribution in [3.63, 3.8) is 0 Å². The molecule has 1 nitrogen and oxygen atoms in total. The van der Waals surface area contributed by atoms with Crippen LogP contribution in [0, 0.1) is 17.7 Å². The SMILES string of the molecule is CC#CCC(NCCC)C(C)(C)c1ccc(F)cc1. The molecule has 0 fully saturated rings. The molecule has 1 unspecified atom stereocenters. The Labute approximate surface area is 116 Å². The van der Waals surface area contributed by atoms with E-state index in [2.05, 4.69) is 37.9 Å². The summed E-state index contributed by atoms with van der Waals surface area (Å²) >= 11 is 0. The Hall–Kier alpha value is -1.33. The van der Waals surface area contributed by atoms with E-state index in [0.29, 0.717) is 0 Å². The fourth-order valence-electron chi connectivity index (χ4n) is 2.19. The minimum atomic E-state index is -0.189. The molecule has 1 aromatic carbocycles. The first kappa shape index (κ1) is 15.7. The van der Waals surface area contributed by atoms with Crippen LogP contribution in [0.5, 0.6) is 0 Å². The first-order valence-corrected chi connectivity index (χ1v) is 6.91. The van der Waals surface area contributed by atoms with Crippen molar-refractivity contribution in [3.8, 4) is 11.8 Å². The van der Waals surface area contributed by atoms with Gasteiger partial charge in [-0.1, -0.05) is 32.9 Å². The van der Waals surface area contributed by atoms with Gasteiger partial charge in [0.1, 0.15) is 5.82 Å². The smallest absolute Gasteiger partial charge is 0.123 e. The molecule has 0 aromatic heterocycles. The van der Waals surface area contributed by atoms with Gasteiger partial charge in [-0.3, -0.25) is 0 Å². The highest BCUT2D eigenvalue weighted by atomic mass is 19.1. The highest BCUT2D eigenvalue weighted by Crippen LogP contribution is 2.29. The van der Waals surface area contributed by atoms with Gasteiger partial charge in [0, 0.05) is 17.9 Å². The van der Waals surface area contributed by atoms with Crippen LogP contribution in [0.4, 0.5) is 4.39 Å². The molecule has 0 amide bonds. The van der Waals surface area contributed by atoms with E-state index in [-0.39, 0.29) is 17.3 Å². The highest BCUT2D eigenvalue weighted by Gasteiger charge is 2.30. The van der Waals surface area contributed by atoms with Gasteiger partial charge in [0.2, 0.25) is 0 Å². The quantitative estimate of drug-likeness (QED) is 0.766. The summed E-state index contributed by atoms with van der Waals surface area (Å²) < 4.78 is 13.0. The van der Waals surface area contributed by atoms with E-state index in [1.807, 2.05) is 19.1 Å². The number of halogens is 1. The summed E-state index contributed by atoms with van der Waals surface area (Å²) in [6.07, 6.45) is 1.90. The van der Waals surface area contributed by atoms with E-state index < -0.39 is 0 Å². The Morgan fingerprint density at radius 2 is 1.89 bits per heavy atom. The Bertz CT molecular complexity index is 437. The number of nitrogens with one attached hydrogen (secondary N) is 1. The monoisotopic (exact) mass is 261 g/mol. The van der Waals surface area contributed by atoms with Crippen LogP contribution in [0.15, 0.2) is 24.3 Å². The zero-order chi connectivity index (χ0) is 14.3. The molecule has 0 aliphatic rings. The summed E-state index contributed by atoms with van der Waals surface area (Å²) in [5, 5.41) is 3.56. The topological polar surface area (TPSA) is 12.0 Å². The van der Waals surface area contributed by atoms with Gasteiger partial charge in [-0.2, -0.15) is 0 Å². The predicted octanol–water partition coefficient (Wildman–Crippen LogP) is 3.88. The van der Waals surface area contributed by atoms with Crippen LogP contribution in [0.2, 0.25) is 0 Å². The number of hydrogen-bond donors (Lipinski definition) is 1. The molecular weight excluding hydrogens is 237 g/mol. The van der Waals surface area contributed by atoms with Crippen LogP contribution in [0.1, 0.15) is 46.1 Å². The zero-order valence-corrected chi connectivity index (χ0v) is 12.4. The second-order valence-electron chi connectivity index (χ2n) is 5.37. The van der Waals surface area contributed by atoms with Crippen molar-refractivity contribution in [1.82, 2.24) is 5.32 Å². The normalized spacial score (nSPS) is 12.7. The van der Waals surface area contributed by atoms with Crippen LogP contribution >= 0.6 is 0 Å². The summed E-state index contributed by atoms with van der Waals surface area (Å²) in [6.45, 7) is 9.36. The lowest BCUT2D eigenvalue weighted by Gasteiger charge is -2.35. The molecule has 0 spiro atoms. The fourth-order valence-corrected chi connectivity index (χ4v) is 2.19. The number of benzene rings is 1. The van der Waals surface area contributed by atoms with Gasteiger partial charge in [0.05, 0.1) is 0 Å². The lowest BCUT2D eigenvalue weighted by atomic mass is 9.76. The molecule has 2 heteroatoms. The van der Waals surface area contributed by atoms with Gasteiger partial charge in [0.15, 0.2) is 0 Å². The first-order valence-electron chi connectivity index (χ1n) is 6.91. The minimum absolute atomic E-state index is 0.0767. The van der Waals surface area contributed by atoms with E-state index in [1.54, 1.807) is 0 Å². The van der Waals surface area contributed by atoms with E-state index in [9.17, 15) is 4.39 Å². The minimum Gasteiger partial charge on any atom is -0.312 e. The standard InChI is InChI=1S/C17H24FN/c1-5-7-8-16(19-13-6-2)17(3,4)14-9-11-15(18)12-10-14/h9-12,16,19H,6,8,13H2,1-4H3. The van der Waals surface area contributed by atoms with E-state index in [4.69, 9.17) is 0 Å². The van der Waals surface area contributed by atoms with Gasteiger partial charge in [-0.15, -0.1) is 11.8 Å². The van der Waals surface area contributed by atoms with Crippen molar-refractivity contribution < 1.29 is 4.39 Å². The Balaban J connectivity index is 2.94. The molecule has 0 radical (unpaired) electrons. The molecule has 0 heterocycles. The summed E-state index contributed by atoms with van der Waals surface area (Å²) in [5.41, 5.74) is 1.06. The second-order valence-corrected chi connectivity index (χ2v) is 5.37. The number of rotatable bonds is 6. The third kappa shape index (κ3) is 4.36. The van der Waals surface area contributed by atoms with Gasteiger partial charge in [-0.05, 0) is 37.6 Å². The fraction of sp³-hybridized carbons (Fsp3) is 0.529. The van der Waals surface area contributed by atoms with Crippen molar-refractivity contribution in [2.45, 2.75) is 52.0 Å². The van der Waals surface area contributed by atoms with Crippen molar-refractivity contribution in [2.75, 3.05) is 6.54 Å². The first-order chi connectivity index (χ1) is 9.02. The maximum atomic E-state index is 13.0. The molecule has 19 heavy (non-hydrogen) atoms. The maximum Gasteiger partial charge on any atom is 0.123 e. The molecule has 1 N–H and O–H groups in total. The third-order valence-corrected chi connectivity index (χ3v) is 3.58. The van der Waals surface area contributed by atoms with Crippen molar-refractivity contribution in [2.24, 2.45) is 0 Å². The molecule has 0 aliphatic heterocycles. The van der Waals surface area contributed by atoms with E-state index in [1.165, 1.54) is 12.1 Å². The predicted molar refractivity (Wildman–Crippen MR) is 79.6 cm³/mol. The zero-order valence-electron chi connectivity index (χ0n) is 12.4. The van der Waals surface area contributed by atoms with E-state index >= 15 is 0 Å². The van der Waals surface area contributed by atoms with Crippen LogP contribution in [-0.2, 0) is 5.41 Å². The average molecular weight is 261 g/mol. The molecule has 0 bridgehead atoms. The van der Waals surface area contributed by atoms with Gasteiger partial charge >= 0.3 is 0 Å². The lowest BCUT2D eigenvalue weighted by Crippen LogP contribution is -2.45. The molecule has 0 saturated heterocycles. The third-order valence-electron chi connectivity index (χ3n) is 3.58. The number of hydrogen-bond acceptors (Lipinski definition) is 1. The average Bonchev–Trinajstić information content (AvgIpc) is 2.39. The van der Waals surface area contributed by atoms with Crippen molar-refractivity contribution >= 4 is 0 Å². The molecule has 1 rings (SSSR count). The van der Waals surface area contributed by atoms with Crippen molar-refractivity contribution in [3.05, 3.63) is 35.6 Å². The molecule has 0 saturated carbocycles. The Morgan fingerprint density at radius 1 is 1.26 bits per heavy atom. The summed E-state index contributed by atoms with van der Waals surface area (Å²) in [5.74, 6) is 5.93. The van der Waals surface area contributed by atoms with Crippen LogP contribution in [-0.4, -0.2) is 12.6 Å². The van der Waals surface area contributed by atoms with Crippen LogP contribution in [0.25, 0.3) is 0 Å². The Kier molecular flexibility index (Phi) is 6.05. The van der Waals surface area contributed by atoms with Crippen LogP contribution in [0.3, 0.4) is 0 Å².